The Morgan fingerprint density at radius 3 is 1.88 bits per heavy atom. The van der Waals surface area contributed by atoms with Crippen molar-refractivity contribution in [3.8, 4) is 5.75 Å². The average Bonchev–Trinajstić information content (AvgIpc) is 2.69. The molecule has 2 aromatic carbocycles. The molecule has 1 atom stereocenters. The van der Waals surface area contributed by atoms with E-state index in [1.807, 2.05) is 20.8 Å². The molecule has 0 spiro atoms. The molecule has 0 aromatic heterocycles. The topological polar surface area (TPSA) is 30.5 Å². The number of alkyl halides is 3. The lowest BCUT2D eigenvalue weighted by molar-refractivity contribution is -0.274. The normalized spacial score (nSPS) is 13.3. The zero-order valence-electron chi connectivity index (χ0n) is 18.5. The molecule has 33 heavy (non-hydrogen) atoms. The Morgan fingerprint density at radius 1 is 0.909 bits per heavy atom. The predicted octanol–water partition coefficient (Wildman–Crippen LogP) is 8.02. The molecule has 0 aliphatic rings. The van der Waals surface area contributed by atoms with Crippen molar-refractivity contribution in [2.45, 2.75) is 57.9 Å². The van der Waals surface area contributed by atoms with E-state index in [1.54, 1.807) is 0 Å². The van der Waals surface area contributed by atoms with E-state index in [2.05, 4.69) is 10.1 Å². The molecule has 0 amide bonds. The van der Waals surface area contributed by atoms with Gasteiger partial charge in [0.2, 0.25) is 0 Å². The number of ether oxygens (including phenoxy) is 1. The fourth-order valence-electron chi connectivity index (χ4n) is 3.63. The van der Waals surface area contributed by atoms with Crippen LogP contribution in [-0.4, -0.2) is 21.2 Å². The Morgan fingerprint density at radius 2 is 1.42 bits per heavy atom. The van der Waals surface area contributed by atoms with Gasteiger partial charge in [-0.15, -0.1) is 13.2 Å². The smallest absolute Gasteiger partial charge is 0.409 e. The average molecular weight is 530 g/mol. The van der Waals surface area contributed by atoms with Crippen molar-refractivity contribution in [2.75, 3.05) is 6.54 Å². The zero-order chi connectivity index (χ0) is 24.8. The quantitative estimate of drug-likeness (QED) is 0.236. The molecule has 3 nitrogen and oxygen atoms in total. The van der Waals surface area contributed by atoms with Gasteiger partial charge in [-0.2, -0.15) is 0 Å². The molecule has 11 heteroatoms. The van der Waals surface area contributed by atoms with Crippen molar-refractivity contribution in [3.05, 3.63) is 63.1 Å². The molecule has 0 radical (unpaired) electrons. The van der Waals surface area contributed by atoms with Gasteiger partial charge in [0.05, 0.1) is 16.1 Å². The van der Waals surface area contributed by atoms with Crippen LogP contribution >= 0.6 is 23.2 Å². The first-order chi connectivity index (χ1) is 15.4. The lowest BCUT2D eigenvalue weighted by Gasteiger charge is -2.34. The van der Waals surface area contributed by atoms with Crippen molar-refractivity contribution in [1.82, 2.24) is 5.32 Å². The van der Waals surface area contributed by atoms with Crippen LogP contribution in [0.5, 0.6) is 5.75 Å². The van der Waals surface area contributed by atoms with Crippen molar-refractivity contribution < 1.29 is 31.1 Å². The molecular formula is C22H26Cl2F5NO2Si. The van der Waals surface area contributed by atoms with Gasteiger partial charge in [-0.05, 0) is 48.0 Å². The van der Waals surface area contributed by atoms with Crippen LogP contribution in [0.1, 0.15) is 38.0 Å². The fraction of sp³-hybridized carbons (Fsp3) is 0.455. The van der Waals surface area contributed by atoms with E-state index in [9.17, 15) is 22.0 Å². The van der Waals surface area contributed by atoms with Crippen LogP contribution in [0.2, 0.25) is 28.2 Å². The van der Waals surface area contributed by atoms with Crippen molar-refractivity contribution in [1.29, 1.82) is 0 Å². The second-order valence-electron chi connectivity index (χ2n) is 7.61. The van der Waals surface area contributed by atoms with E-state index < -0.39 is 38.2 Å². The molecule has 0 aliphatic heterocycles. The highest BCUT2D eigenvalue weighted by molar-refractivity contribution is 6.73. The van der Waals surface area contributed by atoms with E-state index in [0.717, 1.165) is 36.3 Å². The lowest BCUT2D eigenvalue weighted by atomic mass is 10.1. The third kappa shape index (κ3) is 8.10. The molecule has 0 heterocycles. The van der Waals surface area contributed by atoms with Crippen LogP contribution in [0, 0.1) is 11.6 Å². The largest absolute Gasteiger partial charge is 0.573 e. The summed E-state index contributed by atoms with van der Waals surface area (Å²) < 4.78 is 75.3. The number of nitrogens with one attached hydrogen (secondary N) is 1. The van der Waals surface area contributed by atoms with Gasteiger partial charge in [0, 0.05) is 24.7 Å². The zero-order valence-corrected chi connectivity index (χ0v) is 21.0. The maximum Gasteiger partial charge on any atom is 0.573 e. The minimum atomic E-state index is -4.89. The fourth-order valence-corrected chi connectivity index (χ4v) is 7.14. The molecule has 1 N–H and O–H groups in total. The van der Waals surface area contributed by atoms with E-state index >= 15 is 0 Å². The molecule has 184 valence electrons. The molecule has 0 aliphatic carbocycles. The molecule has 0 saturated heterocycles. The highest BCUT2D eigenvalue weighted by Crippen LogP contribution is 2.40. The second kappa shape index (κ2) is 11.8. The summed E-state index contributed by atoms with van der Waals surface area (Å²) in [6.45, 7) is 6.40. The first kappa shape index (κ1) is 27.8. The Hall–Kier alpha value is -1.39. The summed E-state index contributed by atoms with van der Waals surface area (Å²) in [6, 6.07) is 7.73. The van der Waals surface area contributed by atoms with E-state index in [0.29, 0.717) is 11.1 Å². The van der Waals surface area contributed by atoms with Crippen LogP contribution in [-0.2, 0) is 11.0 Å². The minimum Gasteiger partial charge on any atom is -0.409 e. The SMILES string of the molecule is CC[Si](CC)(CC)OC(CNCc1cc(F)cc(F)c1)c1c(Cl)cc(OC(F)(F)F)cc1Cl. The predicted molar refractivity (Wildman–Crippen MR) is 122 cm³/mol. The van der Waals surface area contributed by atoms with Gasteiger partial charge < -0.3 is 14.5 Å². The Bertz CT molecular complexity index is 890. The number of hydrogen-bond acceptors (Lipinski definition) is 3. The molecule has 0 fully saturated rings. The molecular weight excluding hydrogens is 504 g/mol. The summed E-state index contributed by atoms with van der Waals surface area (Å²) in [4.78, 5) is 0. The van der Waals surface area contributed by atoms with Gasteiger partial charge >= 0.3 is 6.36 Å². The van der Waals surface area contributed by atoms with E-state index in [1.165, 1.54) is 12.1 Å². The minimum absolute atomic E-state index is 0.0310. The highest BCUT2D eigenvalue weighted by atomic mass is 35.5. The van der Waals surface area contributed by atoms with Crippen molar-refractivity contribution in [3.63, 3.8) is 0 Å². The number of benzene rings is 2. The van der Waals surface area contributed by atoms with Crippen LogP contribution in [0.3, 0.4) is 0 Å². The van der Waals surface area contributed by atoms with Gasteiger partial charge in [-0.3, -0.25) is 0 Å². The molecule has 0 bridgehead atoms. The van der Waals surface area contributed by atoms with Gasteiger partial charge in [0.25, 0.3) is 0 Å². The molecule has 2 rings (SSSR count). The Kier molecular flexibility index (Phi) is 9.99. The van der Waals surface area contributed by atoms with Crippen molar-refractivity contribution >= 4 is 31.5 Å². The number of rotatable bonds is 11. The van der Waals surface area contributed by atoms with Gasteiger partial charge in [-0.25, -0.2) is 8.78 Å². The summed E-state index contributed by atoms with van der Waals surface area (Å²) >= 11 is 12.7. The maximum atomic E-state index is 13.5. The Labute approximate surface area is 201 Å². The number of hydrogen-bond donors (Lipinski definition) is 1. The molecule has 2 aromatic rings. The lowest BCUT2D eigenvalue weighted by Crippen LogP contribution is -2.40. The molecule has 0 saturated carbocycles. The second-order valence-corrected chi connectivity index (χ2v) is 13.1. The van der Waals surface area contributed by atoms with E-state index in [-0.39, 0.29) is 23.1 Å². The summed E-state index contributed by atoms with van der Waals surface area (Å²) in [7, 11) is -2.20. The number of halogens is 7. The van der Waals surface area contributed by atoms with Crippen LogP contribution in [0.25, 0.3) is 0 Å². The summed E-state index contributed by atoms with van der Waals surface area (Å²) in [5.74, 6) is -1.92. The first-order valence-electron chi connectivity index (χ1n) is 10.5. The summed E-state index contributed by atoms with van der Waals surface area (Å²) in [5, 5.41) is 3.03. The highest BCUT2D eigenvalue weighted by Gasteiger charge is 2.35. The maximum absolute atomic E-state index is 13.5. The molecule has 1 unspecified atom stereocenters. The van der Waals surface area contributed by atoms with E-state index in [4.69, 9.17) is 27.6 Å². The monoisotopic (exact) mass is 529 g/mol. The van der Waals surface area contributed by atoms with Crippen LogP contribution in [0.4, 0.5) is 22.0 Å². The third-order valence-corrected chi connectivity index (χ3v) is 10.8. The summed E-state index contributed by atoms with van der Waals surface area (Å²) in [5.41, 5.74) is 0.723. The van der Waals surface area contributed by atoms with Gasteiger partial charge in [-0.1, -0.05) is 44.0 Å². The van der Waals surface area contributed by atoms with Crippen molar-refractivity contribution in [2.24, 2.45) is 0 Å². The third-order valence-electron chi connectivity index (χ3n) is 5.51. The summed E-state index contributed by atoms with van der Waals surface area (Å²) in [6.07, 6.45) is -5.57. The first-order valence-corrected chi connectivity index (χ1v) is 13.8. The standard InChI is InChI=1S/C22H26Cl2F5NO2Si/c1-4-33(5-2,6-3)32-20(13-30-12-14-7-15(25)9-16(26)8-14)21-18(23)10-17(11-19(21)24)31-22(27,28)29/h7-11,20,30H,4-6,12-13H2,1-3H3. The van der Waals surface area contributed by atoms with Gasteiger partial charge in [0.15, 0.2) is 8.32 Å². The van der Waals surface area contributed by atoms with Crippen LogP contribution < -0.4 is 10.1 Å². The Balaban J connectivity index is 2.34. The van der Waals surface area contributed by atoms with Crippen LogP contribution in [0.15, 0.2) is 30.3 Å². The van der Waals surface area contributed by atoms with Gasteiger partial charge in [0.1, 0.15) is 17.4 Å².